The van der Waals surface area contributed by atoms with Gasteiger partial charge in [0.25, 0.3) is 0 Å². The van der Waals surface area contributed by atoms with Gasteiger partial charge in [0.15, 0.2) is 0 Å². The first-order valence-corrected chi connectivity index (χ1v) is 8.21. The molecule has 0 bridgehead atoms. The largest absolute Gasteiger partial charge is 0.379 e. The number of nitrogens with one attached hydrogen (secondary N) is 1. The lowest BCUT2D eigenvalue weighted by atomic mass is 10.1. The van der Waals surface area contributed by atoms with Crippen molar-refractivity contribution in [1.82, 2.24) is 5.32 Å². The van der Waals surface area contributed by atoms with E-state index in [4.69, 9.17) is 9.47 Å². The molecule has 0 spiro atoms. The molecule has 0 heterocycles. The van der Waals surface area contributed by atoms with Gasteiger partial charge in [0.2, 0.25) is 0 Å². The Hall–Kier alpha value is -0.420. The van der Waals surface area contributed by atoms with Crippen LogP contribution in [0.4, 0.5) is 0 Å². The van der Waals surface area contributed by atoms with Crippen LogP contribution in [-0.4, -0.2) is 31.9 Å². The molecule has 1 saturated carbocycles. The third-order valence-corrected chi connectivity index (χ3v) is 4.10. The van der Waals surface area contributed by atoms with Gasteiger partial charge < -0.3 is 14.8 Å². The third kappa shape index (κ3) is 5.17. The molecule has 0 aliphatic heterocycles. The summed E-state index contributed by atoms with van der Waals surface area (Å²) in [6.07, 6.45) is 2.73. The van der Waals surface area contributed by atoms with Gasteiger partial charge in [0.1, 0.15) is 0 Å². The fraction of sp³-hybridized carbons (Fsp3) is 0.625. The SMILES string of the molecule is CCOCC(C)OC(CNC1CC1)c1ccccc1Br. The van der Waals surface area contributed by atoms with Crippen LogP contribution < -0.4 is 5.32 Å². The van der Waals surface area contributed by atoms with Gasteiger partial charge in [-0.15, -0.1) is 0 Å². The summed E-state index contributed by atoms with van der Waals surface area (Å²) in [5, 5.41) is 3.56. The predicted molar refractivity (Wildman–Crippen MR) is 84.9 cm³/mol. The van der Waals surface area contributed by atoms with Gasteiger partial charge in [-0.1, -0.05) is 34.1 Å². The molecule has 1 aliphatic carbocycles. The maximum absolute atomic E-state index is 6.18. The first kappa shape index (κ1) is 16.0. The third-order valence-electron chi connectivity index (χ3n) is 3.37. The zero-order chi connectivity index (χ0) is 14.4. The maximum atomic E-state index is 6.18. The van der Waals surface area contributed by atoms with Gasteiger partial charge in [-0.3, -0.25) is 0 Å². The molecule has 0 amide bonds. The van der Waals surface area contributed by atoms with Crippen molar-refractivity contribution in [1.29, 1.82) is 0 Å². The van der Waals surface area contributed by atoms with Gasteiger partial charge >= 0.3 is 0 Å². The first-order valence-electron chi connectivity index (χ1n) is 7.41. The highest BCUT2D eigenvalue weighted by atomic mass is 79.9. The summed E-state index contributed by atoms with van der Waals surface area (Å²) in [6, 6.07) is 8.96. The molecule has 0 saturated heterocycles. The molecule has 0 radical (unpaired) electrons. The van der Waals surface area contributed by atoms with Gasteiger partial charge in [-0.2, -0.15) is 0 Å². The minimum Gasteiger partial charge on any atom is -0.379 e. The summed E-state index contributed by atoms with van der Waals surface area (Å²) in [6.45, 7) is 6.29. The number of benzene rings is 1. The predicted octanol–water partition coefficient (Wildman–Crippen LogP) is 3.68. The Labute approximate surface area is 130 Å². The minimum atomic E-state index is 0.0571. The average molecular weight is 342 g/mol. The summed E-state index contributed by atoms with van der Waals surface area (Å²) < 4.78 is 12.7. The van der Waals surface area contributed by atoms with Crippen LogP contribution in [0.1, 0.15) is 38.4 Å². The number of rotatable bonds is 9. The van der Waals surface area contributed by atoms with E-state index < -0.39 is 0 Å². The van der Waals surface area contributed by atoms with E-state index >= 15 is 0 Å². The lowest BCUT2D eigenvalue weighted by molar-refractivity contribution is -0.0473. The van der Waals surface area contributed by atoms with Crippen molar-refractivity contribution in [2.75, 3.05) is 19.8 Å². The van der Waals surface area contributed by atoms with Crippen molar-refractivity contribution < 1.29 is 9.47 Å². The highest BCUT2D eigenvalue weighted by Gasteiger charge is 2.24. The number of hydrogen-bond donors (Lipinski definition) is 1. The van der Waals surface area contributed by atoms with E-state index in [1.807, 2.05) is 13.0 Å². The van der Waals surface area contributed by atoms with E-state index in [-0.39, 0.29) is 12.2 Å². The molecule has 0 aromatic heterocycles. The maximum Gasteiger partial charge on any atom is 0.0964 e. The molecule has 1 N–H and O–H groups in total. The fourth-order valence-electron chi connectivity index (χ4n) is 2.13. The number of hydrogen-bond acceptors (Lipinski definition) is 3. The van der Waals surface area contributed by atoms with Crippen LogP contribution in [0.3, 0.4) is 0 Å². The van der Waals surface area contributed by atoms with E-state index in [2.05, 4.69) is 46.4 Å². The van der Waals surface area contributed by atoms with E-state index in [9.17, 15) is 0 Å². The zero-order valence-electron chi connectivity index (χ0n) is 12.3. The Morgan fingerprint density at radius 2 is 2.10 bits per heavy atom. The topological polar surface area (TPSA) is 30.5 Å². The number of ether oxygens (including phenoxy) is 2. The van der Waals surface area contributed by atoms with Crippen LogP contribution in [0.25, 0.3) is 0 Å². The van der Waals surface area contributed by atoms with Gasteiger partial charge in [-0.05, 0) is 38.3 Å². The second kappa shape index (κ2) is 8.13. The van der Waals surface area contributed by atoms with Crippen LogP contribution in [0.15, 0.2) is 28.7 Å². The Bertz CT molecular complexity index is 409. The molecular weight excluding hydrogens is 318 g/mol. The monoisotopic (exact) mass is 341 g/mol. The van der Waals surface area contributed by atoms with Crippen molar-refractivity contribution >= 4 is 15.9 Å². The Balaban J connectivity index is 1.97. The van der Waals surface area contributed by atoms with Gasteiger partial charge in [-0.25, -0.2) is 0 Å². The molecular formula is C16H24BrNO2. The van der Waals surface area contributed by atoms with E-state index in [0.29, 0.717) is 12.6 Å². The quantitative estimate of drug-likeness (QED) is 0.743. The van der Waals surface area contributed by atoms with E-state index in [1.165, 1.54) is 18.4 Å². The Morgan fingerprint density at radius 1 is 1.35 bits per heavy atom. The molecule has 2 unspecified atom stereocenters. The van der Waals surface area contributed by atoms with Crippen molar-refractivity contribution in [3.05, 3.63) is 34.3 Å². The van der Waals surface area contributed by atoms with Gasteiger partial charge in [0.05, 0.1) is 18.8 Å². The van der Waals surface area contributed by atoms with Crippen LogP contribution in [0.2, 0.25) is 0 Å². The van der Waals surface area contributed by atoms with Crippen molar-refractivity contribution in [2.45, 2.75) is 44.9 Å². The second-order valence-corrected chi connectivity index (χ2v) is 6.15. The average Bonchev–Trinajstić information content (AvgIpc) is 3.26. The second-order valence-electron chi connectivity index (χ2n) is 5.30. The molecule has 1 aromatic carbocycles. The van der Waals surface area contributed by atoms with Crippen molar-refractivity contribution in [3.8, 4) is 0 Å². The lowest BCUT2D eigenvalue weighted by Gasteiger charge is -2.24. The van der Waals surface area contributed by atoms with Crippen molar-refractivity contribution in [3.63, 3.8) is 0 Å². The van der Waals surface area contributed by atoms with E-state index in [1.54, 1.807) is 0 Å². The zero-order valence-corrected chi connectivity index (χ0v) is 13.9. The summed E-state index contributed by atoms with van der Waals surface area (Å²) in [7, 11) is 0. The highest BCUT2D eigenvalue weighted by molar-refractivity contribution is 9.10. The van der Waals surface area contributed by atoms with E-state index in [0.717, 1.165) is 17.6 Å². The van der Waals surface area contributed by atoms with Crippen LogP contribution in [-0.2, 0) is 9.47 Å². The van der Waals surface area contributed by atoms with Gasteiger partial charge in [0, 0.05) is 23.7 Å². The standard InChI is InChI=1S/C16H24BrNO2/c1-3-19-11-12(2)20-16(10-18-13-8-9-13)14-6-4-5-7-15(14)17/h4-7,12-13,16,18H,3,8-11H2,1-2H3. The summed E-state index contributed by atoms with van der Waals surface area (Å²) in [5.74, 6) is 0. The highest BCUT2D eigenvalue weighted by Crippen LogP contribution is 2.28. The first-order chi connectivity index (χ1) is 9.70. The fourth-order valence-corrected chi connectivity index (χ4v) is 2.67. The summed E-state index contributed by atoms with van der Waals surface area (Å²) >= 11 is 3.62. The van der Waals surface area contributed by atoms with Crippen LogP contribution in [0.5, 0.6) is 0 Å². The Morgan fingerprint density at radius 3 is 2.75 bits per heavy atom. The normalized spacial score (nSPS) is 17.9. The molecule has 1 aliphatic rings. The van der Waals surface area contributed by atoms with Crippen LogP contribution in [0, 0.1) is 0 Å². The summed E-state index contributed by atoms with van der Waals surface area (Å²) in [4.78, 5) is 0. The molecule has 1 fully saturated rings. The molecule has 2 atom stereocenters. The molecule has 1 aromatic rings. The molecule has 4 heteroatoms. The minimum absolute atomic E-state index is 0.0571. The molecule has 112 valence electrons. The summed E-state index contributed by atoms with van der Waals surface area (Å²) in [5.41, 5.74) is 1.20. The lowest BCUT2D eigenvalue weighted by Crippen LogP contribution is -2.29. The smallest absolute Gasteiger partial charge is 0.0964 e. The molecule has 2 rings (SSSR count). The Kier molecular flexibility index (Phi) is 6.49. The van der Waals surface area contributed by atoms with Crippen LogP contribution >= 0.6 is 15.9 Å². The molecule has 3 nitrogen and oxygen atoms in total. The molecule has 20 heavy (non-hydrogen) atoms. The van der Waals surface area contributed by atoms with Crippen molar-refractivity contribution in [2.24, 2.45) is 0 Å². The number of halogens is 1.